The predicted molar refractivity (Wildman–Crippen MR) is 91.2 cm³/mol. The van der Waals surface area contributed by atoms with Crippen molar-refractivity contribution in [2.24, 2.45) is 5.73 Å². The fraction of sp³-hybridized carbons (Fsp3) is 0.133. The second-order valence-corrected chi connectivity index (χ2v) is 7.10. The molecule has 2 rings (SSSR count). The summed E-state index contributed by atoms with van der Waals surface area (Å²) in [5, 5.41) is 5.21. The zero-order valence-electron chi connectivity index (χ0n) is 12.0. The molecule has 1 aromatic carbocycles. The van der Waals surface area contributed by atoms with Gasteiger partial charge < -0.3 is 16.4 Å². The molecule has 8 heteroatoms. The Morgan fingerprint density at radius 1 is 1.00 bits per heavy atom. The van der Waals surface area contributed by atoms with Gasteiger partial charge in [0.25, 0.3) is 11.8 Å². The number of benzene rings is 1. The normalized spacial score (nSPS) is 10.1. The molecular weight excluding hydrogens is 382 g/mol. The summed E-state index contributed by atoms with van der Waals surface area (Å²) in [6, 6.07) is 10.3. The average molecular weight is 396 g/mol. The smallest absolute Gasteiger partial charge is 0.261 e. The van der Waals surface area contributed by atoms with Crippen LogP contribution in [0.25, 0.3) is 0 Å². The Morgan fingerprint density at radius 3 is 2.26 bits per heavy atom. The largest absolute Gasteiger partial charge is 0.368 e. The van der Waals surface area contributed by atoms with Crippen molar-refractivity contribution < 1.29 is 14.4 Å². The number of carbonyl (C=O) groups is 3. The highest BCUT2D eigenvalue weighted by Gasteiger charge is 2.09. The molecule has 0 saturated carbocycles. The summed E-state index contributed by atoms with van der Waals surface area (Å²) in [6.07, 6.45) is 0. The molecule has 0 spiro atoms. The van der Waals surface area contributed by atoms with E-state index in [1.54, 1.807) is 30.3 Å². The van der Waals surface area contributed by atoms with Crippen LogP contribution < -0.4 is 16.4 Å². The second-order valence-electron chi connectivity index (χ2n) is 4.63. The number of primary amides is 1. The van der Waals surface area contributed by atoms with Gasteiger partial charge in [0.15, 0.2) is 0 Å². The van der Waals surface area contributed by atoms with Crippen LogP contribution in [0.5, 0.6) is 0 Å². The van der Waals surface area contributed by atoms with Crippen molar-refractivity contribution in [3.05, 3.63) is 56.2 Å². The number of nitrogens with two attached hydrogens (primary N) is 1. The van der Waals surface area contributed by atoms with Crippen molar-refractivity contribution in [1.29, 1.82) is 0 Å². The number of thiophene rings is 1. The van der Waals surface area contributed by atoms with E-state index in [0.717, 1.165) is 9.35 Å². The monoisotopic (exact) mass is 395 g/mol. The van der Waals surface area contributed by atoms with E-state index in [-0.39, 0.29) is 18.4 Å². The minimum Gasteiger partial charge on any atom is -0.368 e. The minimum atomic E-state index is -0.599. The zero-order valence-corrected chi connectivity index (χ0v) is 14.4. The summed E-state index contributed by atoms with van der Waals surface area (Å²) in [5.41, 5.74) is 6.25. The Hall–Kier alpha value is -2.19. The molecule has 0 saturated heterocycles. The van der Waals surface area contributed by atoms with Crippen LogP contribution in [0.2, 0.25) is 0 Å². The van der Waals surface area contributed by atoms with Gasteiger partial charge in [-0.05, 0) is 45.8 Å². The van der Waals surface area contributed by atoms with E-state index < -0.39 is 5.91 Å². The van der Waals surface area contributed by atoms with Crippen LogP contribution in [0, 0.1) is 0 Å². The number of hydrogen-bond acceptors (Lipinski definition) is 4. The minimum absolute atomic E-state index is 0.149. The van der Waals surface area contributed by atoms with Crippen LogP contribution in [0.15, 0.2) is 40.2 Å². The van der Waals surface area contributed by atoms with Crippen LogP contribution in [-0.2, 0) is 11.3 Å². The molecule has 23 heavy (non-hydrogen) atoms. The van der Waals surface area contributed by atoms with Gasteiger partial charge in [0, 0.05) is 12.1 Å². The van der Waals surface area contributed by atoms with Gasteiger partial charge in [-0.15, -0.1) is 11.3 Å². The molecule has 0 aliphatic carbocycles. The van der Waals surface area contributed by atoms with Crippen molar-refractivity contribution in [3.63, 3.8) is 0 Å². The number of halogens is 1. The average Bonchev–Trinajstić information content (AvgIpc) is 2.97. The Bertz CT molecular complexity index is 728. The molecule has 120 valence electrons. The molecule has 2 aromatic rings. The van der Waals surface area contributed by atoms with Gasteiger partial charge in [-0.3, -0.25) is 14.4 Å². The number of rotatable bonds is 6. The van der Waals surface area contributed by atoms with Gasteiger partial charge in [-0.25, -0.2) is 0 Å². The number of amides is 3. The molecule has 0 radical (unpaired) electrons. The third kappa shape index (κ3) is 5.19. The van der Waals surface area contributed by atoms with E-state index in [1.807, 2.05) is 6.07 Å². The predicted octanol–water partition coefficient (Wildman–Crippen LogP) is 1.66. The van der Waals surface area contributed by atoms with Crippen LogP contribution in [-0.4, -0.2) is 24.3 Å². The zero-order chi connectivity index (χ0) is 16.8. The van der Waals surface area contributed by atoms with Crippen molar-refractivity contribution in [2.45, 2.75) is 6.54 Å². The van der Waals surface area contributed by atoms with Crippen molar-refractivity contribution in [3.8, 4) is 0 Å². The molecule has 0 unspecified atom stereocenters. The Balaban J connectivity index is 1.88. The molecule has 0 aliphatic rings. The second kappa shape index (κ2) is 7.89. The molecule has 1 heterocycles. The molecule has 0 bridgehead atoms. The van der Waals surface area contributed by atoms with E-state index in [4.69, 9.17) is 5.73 Å². The van der Waals surface area contributed by atoms with E-state index in [1.165, 1.54) is 11.3 Å². The third-order valence-corrected chi connectivity index (χ3v) is 4.51. The van der Waals surface area contributed by atoms with Crippen molar-refractivity contribution in [2.75, 3.05) is 6.54 Å². The molecule has 1 aromatic heterocycles. The highest BCUT2D eigenvalue weighted by Crippen LogP contribution is 2.21. The number of hydrogen-bond donors (Lipinski definition) is 3. The lowest BCUT2D eigenvalue weighted by Crippen LogP contribution is -2.33. The fourth-order valence-electron chi connectivity index (χ4n) is 1.75. The lowest BCUT2D eigenvalue weighted by atomic mass is 10.1. The van der Waals surface area contributed by atoms with Crippen molar-refractivity contribution in [1.82, 2.24) is 10.6 Å². The summed E-state index contributed by atoms with van der Waals surface area (Å²) in [5.74, 6) is -1.12. The lowest BCUT2D eigenvalue weighted by molar-refractivity contribution is -0.117. The summed E-state index contributed by atoms with van der Waals surface area (Å²) < 4.78 is 0.897. The first-order chi connectivity index (χ1) is 11.0. The van der Waals surface area contributed by atoms with Gasteiger partial charge in [-0.1, -0.05) is 12.1 Å². The van der Waals surface area contributed by atoms with Crippen LogP contribution in [0.3, 0.4) is 0 Å². The topological polar surface area (TPSA) is 101 Å². The number of nitrogens with one attached hydrogen (secondary N) is 2. The maximum Gasteiger partial charge on any atom is 0.261 e. The summed E-state index contributed by atoms with van der Waals surface area (Å²) in [4.78, 5) is 34.9. The molecule has 0 atom stereocenters. The van der Waals surface area contributed by atoms with Crippen LogP contribution in [0.4, 0.5) is 0 Å². The maximum atomic E-state index is 11.9. The standard InChI is InChI=1S/C15H14BrN3O3S/c16-12-6-5-11(23-12)15(22)18-7-9-1-3-10(4-2-9)14(21)19-8-13(17)20/h1-6H,7-8H2,(H2,17,20)(H,18,22)(H,19,21). The van der Waals surface area contributed by atoms with E-state index in [2.05, 4.69) is 26.6 Å². The molecule has 6 nitrogen and oxygen atoms in total. The summed E-state index contributed by atoms with van der Waals surface area (Å²) >= 11 is 4.67. The van der Waals surface area contributed by atoms with Crippen LogP contribution >= 0.6 is 27.3 Å². The van der Waals surface area contributed by atoms with Gasteiger partial charge in [-0.2, -0.15) is 0 Å². The van der Waals surface area contributed by atoms with E-state index in [9.17, 15) is 14.4 Å². The SMILES string of the molecule is NC(=O)CNC(=O)c1ccc(CNC(=O)c2ccc(Br)s2)cc1. The first-order valence-corrected chi connectivity index (χ1v) is 8.25. The molecule has 4 N–H and O–H groups in total. The molecular formula is C15H14BrN3O3S. The van der Waals surface area contributed by atoms with Gasteiger partial charge in [0.2, 0.25) is 5.91 Å². The lowest BCUT2D eigenvalue weighted by Gasteiger charge is -2.06. The summed E-state index contributed by atoms with van der Waals surface area (Å²) in [7, 11) is 0. The fourth-order valence-corrected chi connectivity index (χ4v) is 3.05. The van der Waals surface area contributed by atoms with Gasteiger partial charge >= 0.3 is 0 Å². The molecule has 0 aliphatic heterocycles. The van der Waals surface area contributed by atoms with E-state index >= 15 is 0 Å². The molecule has 3 amide bonds. The first kappa shape index (κ1) is 17.2. The third-order valence-electron chi connectivity index (χ3n) is 2.89. The van der Waals surface area contributed by atoms with Gasteiger partial charge in [0.1, 0.15) is 0 Å². The summed E-state index contributed by atoms with van der Waals surface area (Å²) in [6.45, 7) is 0.157. The Labute approximate surface area is 145 Å². The quantitative estimate of drug-likeness (QED) is 0.692. The first-order valence-electron chi connectivity index (χ1n) is 6.64. The maximum absolute atomic E-state index is 11.9. The van der Waals surface area contributed by atoms with Gasteiger partial charge in [0.05, 0.1) is 15.2 Å². The number of carbonyl (C=O) groups excluding carboxylic acids is 3. The van der Waals surface area contributed by atoms with Crippen molar-refractivity contribution >= 4 is 45.0 Å². The molecule has 0 fully saturated rings. The Morgan fingerprint density at radius 2 is 1.70 bits per heavy atom. The van der Waals surface area contributed by atoms with E-state index in [0.29, 0.717) is 17.0 Å². The highest BCUT2D eigenvalue weighted by atomic mass is 79.9. The van der Waals surface area contributed by atoms with Crippen LogP contribution in [0.1, 0.15) is 25.6 Å². The Kier molecular flexibility index (Phi) is 5.89. The highest BCUT2D eigenvalue weighted by molar-refractivity contribution is 9.11.